The number of hydrogen-bond donors (Lipinski definition) is 2. The topological polar surface area (TPSA) is 57.5 Å². The second-order valence-electron chi connectivity index (χ2n) is 3.57. The van der Waals surface area contributed by atoms with Crippen LogP contribution in [0, 0.1) is 0 Å². The minimum atomic E-state index is 0.190. The summed E-state index contributed by atoms with van der Waals surface area (Å²) >= 11 is 0. The zero-order valence-electron chi connectivity index (χ0n) is 10.1. The van der Waals surface area contributed by atoms with Crippen molar-refractivity contribution < 1.29 is 19.5 Å². The molecule has 0 aromatic heterocycles. The summed E-state index contributed by atoms with van der Waals surface area (Å²) < 4.78 is 0.659. The van der Waals surface area contributed by atoms with Gasteiger partial charge in [0.2, 0.25) is 0 Å². The van der Waals surface area contributed by atoms with Gasteiger partial charge in [-0.05, 0) is 18.2 Å². The zero-order valence-corrected chi connectivity index (χ0v) is 10.1. The Hall–Kier alpha value is -1.81. The SMILES string of the molecule is C=CC[N+](CC=C)(CC=C)CC(=C)O.O=[C-]O. The van der Waals surface area contributed by atoms with Crippen LogP contribution in [0.25, 0.3) is 0 Å². The number of rotatable bonds is 8. The molecule has 0 aromatic carbocycles. The molecule has 0 rings (SSSR count). The Kier molecular flexibility index (Phi) is 11.1. The van der Waals surface area contributed by atoms with Crippen LogP contribution in [0.1, 0.15) is 0 Å². The van der Waals surface area contributed by atoms with Gasteiger partial charge in [-0.2, -0.15) is 0 Å². The van der Waals surface area contributed by atoms with Gasteiger partial charge in [-0.1, -0.05) is 32.8 Å². The molecule has 4 heteroatoms. The van der Waals surface area contributed by atoms with Gasteiger partial charge in [0.1, 0.15) is 12.3 Å². The van der Waals surface area contributed by atoms with Gasteiger partial charge in [-0.3, -0.25) is 0 Å². The van der Waals surface area contributed by atoms with Crippen molar-refractivity contribution in [2.75, 3.05) is 26.2 Å². The van der Waals surface area contributed by atoms with Gasteiger partial charge < -0.3 is 19.5 Å². The average Bonchev–Trinajstić information content (AvgIpc) is 2.18. The highest BCUT2D eigenvalue weighted by Crippen LogP contribution is 2.10. The van der Waals surface area contributed by atoms with Crippen LogP contribution in [-0.4, -0.2) is 47.3 Å². The summed E-state index contributed by atoms with van der Waals surface area (Å²) in [4.78, 5) is 8.24. The lowest BCUT2D eigenvalue weighted by atomic mass is 10.2. The summed E-state index contributed by atoms with van der Waals surface area (Å²) in [5.41, 5.74) is 0. The molecule has 0 amide bonds. The fraction of sp³-hybridized carbons (Fsp3) is 0.308. The normalized spacial score (nSPS) is 9.41. The van der Waals surface area contributed by atoms with E-state index in [-0.39, 0.29) is 5.76 Å². The molecule has 0 saturated heterocycles. The van der Waals surface area contributed by atoms with Crippen molar-refractivity contribution in [1.29, 1.82) is 0 Å². The third kappa shape index (κ3) is 9.14. The van der Waals surface area contributed by atoms with Gasteiger partial charge in [-0.25, -0.2) is 0 Å². The minimum absolute atomic E-state index is 0.190. The Labute approximate surface area is 103 Å². The van der Waals surface area contributed by atoms with Gasteiger partial charge in [-0.15, -0.1) is 0 Å². The summed E-state index contributed by atoms with van der Waals surface area (Å²) in [6.07, 6.45) is 5.53. The highest BCUT2D eigenvalue weighted by atomic mass is 16.3. The van der Waals surface area contributed by atoms with Crippen molar-refractivity contribution in [1.82, 2.24) is 0 Å². The van der Waals surface area contributed by atoms with Crippen LogP contribution in [0.5, 0.6) is 0 Å². The molecular formula is C13H21NO3. The molecule has 4 nitrogen and oxygen atoms in total. The largest absolute Gasteiger partial charge is 0.665 e. The Morgan fingerprint density at radius 1 is 1.12 bits per heavy atom. The molecule has 0 bridgehead atoms. The van der Waals surface area contributed by atoms with E-state index in [1.807, 2.05) is 18.2 Å². The Bertz CT molecular complexity index is 245. The van der Waals surface area contributed by atoms with Crippen LogP contribution in [0.3, 0.4) is 0 Å². The Balaban J connectivity index is 0. The van der Waals surface area contributed by atoms with Crippen molar-refractivity contribution >= 4 is 6.47 Å². The van der Waals surface area contributed by atoms with Gasteiger partial charge in [0, 0.05) is 0 Å². The van der Waals surface area contributed by atoms with Crippen LogP contribution >= 0.6 is 0 Å². The minimum Gasteiger partial charge on any atom is -0.665 e. The van der Waals surface area contributed by atoms with Crippen LogP contribution in [0.2, 0.25) is 0 Å². The van der Waals surface area contributed by atoms with E-state index in [9.17, 15) is 5.11 Å². The molecule has 0 heterocycles. The quantitative estimate of drug-likeness (QED) is 0.295. The van der Waals surface area contributed by atoms with E-state index in [4.69, 9.17) is 9.90 Å². The molecular weight excluding hydrogens is 218 g/mol. The van der Waals surface area contributed by atoms with Crippen LogP contribution in [-0.2, 0) is 4.79 Å². The smallest absolute Gasteiger partial charge is 0.140 e. The molecule has 0 spiro atoms. The van der Waals surface area contributed by atoms with E-state index in [1.54, 1.807) is 0 Å². The first-order chi connectivity index (χ1) is 8.01. The summed E-state index contributed by atoms with van der Waals surface area (Å²) in [5.74, 6) is 0.190. The van der Waals surface area contributed by atoms with Crippen molar-refractivity contribution in [3.8, 4) is 0 Å². The molecule has 0 radical (unpaired) electrons. The standard InChI is InChI=1S/C12H19NO.CHO2/c1-5-8-13(9-6-2,10-7-3)11-12(4)14;2-1-3/h5-7H,1-4,8-11H2;(H,2,3)/q;-1/p+1. The summed E-state index contributed by atoms with van der Waals surface area (Å²) in [6, 6.07) is 0. The van der Waals surface area contributed by atoms with E-state index in [0.717, 1.165) is 19.6 Å². The molecule has 0 aliphatic heterocycles. The van der Waals surface area contributed by atoms with Crippen LogP contribution < -0.4 is 0 Å². The molecule has 0 unspecified atom stereocenters. The van der Waals surface area contributed by atoms with Crippen molar-refractivity contribution in [3.05, 3.63) is 50.3 Å². The van der Waals surface area contributed by atoms with Crippen molar-refractivity contribution in [3.63, 3.8) is 0 Å². The summed E-state index contributed by atoms with van der Waals surface area (Å²) in [5, 5.41) is 16.0. The molecule has 0 aromatic rings. The van der Waals surface area contributed by atoms with E-state index in [0.29, 0.717) is 17.5 Å². The van der Waals surface area contributed by atoms with Crippen molar-refractivity contribution in [2.45, 2.75) is 0 Å². The van der Waals surface area contributed by atoms with Crippen molar-refractivity contribution in [2.24, 2.45) is 0 Å². The lowest BCUT2D eigenvalue weighted by molar-refractivity contribution is -0.908. The highest BCUT2D eigenvalue weighted by molar-refractivity contribution is 5.34. The fourth-order valence-corrected chi connectivity index (χ4v) is 1.63. The predicted molar refractivity (Wildman–Crippen MR) is 70.4 cm³/mol. The highest BCUT2D eigenvalue weighted by Gasteiger charge is 2.23. The Morgan fingerprint density at radius 2 is 1.41 bits per heavy atom. The lowest BCUT2D eigenvalue weighted by Gasteiger charge is -2.35. The molecule has 0 atom stereocenters. The number of quaternary nitrogens is 1. The second kappa shape index (κ2) is 10.7. The second-order valence-corrected chi connectivity index (χ2v) is 3.57. The van der Waals surface area contributed by atoms with Gasteiger partial charge in [0.05, 0.1) is 19.6 Å². The van der Waals surface area contributed by atoms with Gasteiger partial charge >= 0.3 is 0 Å². The first-order valence-corrected chi connectivity index (χ1v) is 5.07. The number of aliphatic hydroxyl groups is 1. The lowest BCUT2D eigenvalue weighted by Crippen LogP contribution is -2.49. The maximum Gasteiger partial charge on any atom is 0.140 e. The van der Waals surface area contributed by atoms with Gasteiger partial charge in [0.15, 0.2) is 0 Å². The first kappa shape index (κ1) is 17.6. The maximum atomic E-state index is 9.25. The monoisotopic (exact) mass is 239 g/mol. The third-order valence-electron chi connectivity index (χ3n) is 2.07. The fourth-order valence-electron chi connectivity index (χ4n) is 1.63. The van der Waals surface area contributed by atoms with Gasteiger partial charge in [0.25, 0.3) is 0 Å². The molecule has 0 aliphatic carbocycles. The number of hydrogen-bond acceptors (Lipinski definition) is 2. The molecule has 0 aliphatic rings. The molecule has 17 heavy (non-hydrogen) atoms. The molecule has 2 N–H and O–H groups in total. The maximum absolute atomic E-state index is 9.25. The number of nitrogens with zero attached hydrogens (tertiary/aromatic N) is 1. The summed E-state index contributed by atoms with van der Waals surface area (Å²) in [6.45, 7) is 18.0. The first-order valence-electron chi connectivity index (χ1n) is 5.07. The van der Waals surface area contributed by atoms with E-state index < -0.39 is 0 Å². The molecule has 96 valence electrons. The van der Waals surface area contributed by atoms with Crippen LogP contribution in [0.15, 0.2) is 50.3 Å². The summed E-state index contributed by atoms with van der Waals surface area (Å²) in [7, 11) is 0. The predicted octanol–water partition coefficient (Wildman–Crippen LogP) is 2.04. The molecule has 0 saturated carbocycles. The van der Waals surface area contributed by atoms with E-state index in [2.05, 4.69) is 26.3 Å². The van der Waals surface area contributed by atoms with E-state index in [1.165, 1.54) is 0 Å². The number of aliphatic hydroxyl groups excluding tert-OH is 2. The zero-order chi connectivity index (χ0) is 13.7. The Morgan fingerprint density at radius 3 is 1.59 bits per heavy atom. The molecule has 0 fully saturated rings. The van der Waals surface area contributed by atoms with E-state index >= 15 is 0 Å². The third-order valence-corrected chi connectivity index (χ3v) is 2.07. The average molecular weight is 239 g/mol. The van der Waals surface area contributed by atoms with Crippen LogP contribution in [0.4, 0.5) is 0 Å².